The Balaban J connectivity index is 1.64. The lowest BCUT2D eigenvalue weighted by Crippen LogP contribution is -2.38. The van der Waals surface area contributed by atoms with Gasteiger partial charge in [0.25, 0.3) is 5.91 Å². The van der Waals surface area contributed by atoms with Crippen LogP contribution in [0.3, 0.4) is 0 Å². The summed E-state index contributed by atoms with van der Waals surface area (Å²) in [6.45, 7) is 1.72. The molecule has 8 heteroatoms. The van der Waals surface area contributed by atoms with Gasteiger partial charge in [-0.2, -0.15) is 10.2 Å². The van der Waals surface area contributed by atoms with E-state index < -0.39 is 5.60 Å². The molecule has 2 heterocycles. The maximum Gasteiger partial charge on any atom is 0.251 e. The van der Waals surface area contributed by atoms with Crippen LogP contribution in [0, 0.1) is 0 Å². The van der Waals surface area contributed by atoms with Gasteiger partial charge in [0, 0.05) is 24.4 Å². The normalized spacial score (nSPS) is 13.5. The quantitative estimate of drug-likeness (QED) is 0.717. The molecule has 24 heavy (non-hydrogen) atoms. The summed E-state index contributed by atoms with van der Waals surface area (Å²) in [7, 11) is 1.77. The number of benzene rings is 1. The Bertz CT molecular complexity index is 821. The highest BCUT2D eigenvalue weighted by molar-refractivity contribution is 5.94. The number of aliphatic hydroxyl groups is 1. The van der Waals surface area contributed by atoms with E-state index in [1.165, 1.54) is 6.33 Å². The van der Waals surface area contributed by atoms with Crippen LogP contribution in [-0.2, 0) is 12.6 Å². The van der Waals surface area contributed by atoms with Crippen molar-refractivity contribution in [3.05, 3.63) is 60.4 Å². The molecule has 0 saturated heterocycles. The van der Waals surface area contributed by atoms with Gasteiger partial charge in [-0.1, -0.05) is 0 Å². The first-order valence-electron chi connectivity index (χ1n) is 7.40. The van der Waals surface area contributed by atoms with Crippen LogP contribution < -0.4 is 5.32 Å². The highest BCUT2D eigenvalue weighted by atomic mass is 16.3. The number of aryl methyl sites for hydroxylation is 1. The van der Waals surface area contributed by atoms with Gasteiger partial charge in [-0.05, 0) is 31.2 Å². The van der Waals surface area contributed by atoms with Crippen molar-refractivity contribution < 1.29 is 9.90 Å². The van der Waals surface area contributed by atoms with Crippen LogP contribution in [0.2, 0.25) is 0 Å². The number of hydrogen-bond donors (Lipinski definition) is 2. The summed E-state index contributed by atoms with van der Waals surface area (Å²) in [4.78, 5) is 16.1. The molecule has 2 aromatic heterocycles. The average molecular weight is 326 g/mol. The molecule has 1 aromatic carbocycles. The Hall–Kier alpha value is -3.00. The van der Waals surface area contributed by atoms with Gasteiger partial charge in [0.15, 0.2) is 0 Å². The van der Waals surface area contributed by atoms with Gasteiger partial charge in [0.2, 0.25) is 0 Å². The van der Waals surface area contributed by atoms with Crippen molar-refractivity contribution >= 4 is 5.91 Å². The minimum atomic E-state index is -1.19. The second kappa shape index (κ2) is 6.25. The summed E-state index contributed by atoms with van der Waals surface area (Å²) in [6.07, 6.45) is 6.33. The number of hydrogen-bond acceptors (Lipinski definition) is 5. The van der Waals surface area contributed by atoms with Gasteiger partial charge < -0.3 is 10.4 Å². The number of aromatic nitrogens is 5. The molecule has 0 spiro atoms. The van der Waals surface area contributed by atoms with E-state index in [1.54, 1.807) is 66.3 Å². The SMILES string of the molecule is Cn1cc(C(C)(O)CNC(=O)c2ccc(-n3cncn3)cc2)cn1. The van der Waals surface area contributed by atoms with Crippen molar-refractivity contribution in [1.29, 1.82) is 0 Å². The predicted octanol–water partition coefficient (Wildman–Crippen LogP) is 0.638. The van der Waals surface area contributed by atoms with E-state index in [0.717, 1.165) is 5.69 Å². The molecule has 3 rings (SSSR count). The van der Waals surface area contributed by atoms with Crippen LogP contribution in [-0.4, -0.2) is 42.1 Å². The Labute approximate surface area is 138 Å². The minimum absolute atomic E-state index is 0.0857. The van der Waals surface area contributed by atoms with Crippen LogP contribution in [0.4, 0.5) is 0 Å². The van der Waals surface area contributed by atoms with Crippen LogP contribution in [0.5, 0.6) is 0 Å². The van der Waals surface area contributed by atoms with Crippen LogP contribution >= 0.6 is 0 Å². The van der Waals surface area contributed by atoms with Gasteiger partial charge in [-0.15, -0.1) is 0 Å². The lowest BCUT2D eigenvalue weighted by Gasteiger charge is -2.22. The lowest BCUT2D eigenvalue weighted by molar-refractivity contribution is 0.0526. The molecule has 0 fully saturated rings. The summed E-state index contributed by atoms with van der Waals surface area (Å²) in [5, 5.41) is 21.3. The maximum atomic E-state index is 12.2. The molecule has 3 aromatic rings. The summed E-state index contributed by atoms with van der Waals surface area (Å²) in [6, 6.07) is 6.96. The number of amides is 1. The van der Waals surface area contributed by atoms with Crippen molar-refractivity contribution in [1.82, 2.24) is 29.9 Å². The number of carbonyl (C=O) groups excluding carboxylic acids is 1. The molecule has 0 aliphatic rings. The predicted molar refractivity (Wildman–Crippen MR) is 86.5 cm³/mol. The van der Waals surface area contributed by atoms with Crippen molar-refractivity contribution in [2.75, 3.05) is 6.54 Å². The number of rotatable bonds is 5. The third-order valence-corrected chi connectivity index (χ3v) is 3.73. The number of nitrogens with zero attached hydrogens (tertiary/aromatic N) is 5. The second-order valence-electron chi connectivity index (χ2n) is 5.75. The standard InChI is InChI=1S/C16H18N6O2/c1-16(24,13-7-19-21(2)8-13)9-18-15(23)12-3-5-14(6-4-12)22-11-17-10-20-22/h3-8,10-11,24H,9H2,1-2H3,(H,18,23). The summed E-state index contributed by atoms with van der Waals surface area (Å²) in [5.74, 6) is -0.260. The molecular weight excluding hydrogens is 308 g/mol. The molecule has 1 atom stereocenters. The summed E-state index contributed by atoms with van der Waals surface area (Å²) in [5.41, 5.74) is 0.768. The third-order valence-electron chi connectivity index (χ3n) is 3.73. The van der Waals surface area contributed by atoms with E-state index in [0.29, 0.717) is 11.1 Å². The van der Waals surface area contributed by atoms with E-state index >= 15 is 0 Å². The zero-order chi connectivity index (χ0) is 17.2. The Kier molecular flexibility index (Phi) is 4.13. The van der Waals surface area contributed by atoms with Crippen LogP contribution in [0.1, 0.15) is 22.8 Å². The minimum Gasteiger partial charge on any atom is -0.383 e. The first-order chi connectivity index (χ1) is 11.5. The Morgan fingerprint density at radius 2 is 2.04 bits per heavy atom. The van der Waals surface area contributed by atoms with Gasteiger partial charge in [-0.3, -0.25) is 9.48 Å². The molecule has 0 saturated carbocycles. The lowest BCUT2D eigenvalue weighted by atomic mass is 9.99. The largest absolute Gasteiger partial charge is 0.383 e. The number of carbonyl (C=O) groups is 1. The van der Waals surface area contributed by atoms with Crippen molar-refractivity contribution in [2.24, 2.45) is 7.05 Å². The van der Waals surface area contributed by atoms with E-state index in [-0.39, 0.29) is 12.5 Å². The molecule has 0 radical (unpaired) electrons. The molecule has 8 nitrogen and oxygen atoms in total. The highest BCUT2D eigenvalue weighted by Crippen LogP contribution is 2.18. The van der Waals surface area contributed by atoms with E-state index in [2.05, 4.69) is 20.5 Å². The average Bonchev–Trinajstić information content (AvgIpc) is 3.24. The van der Waals surface area contributed by atoms with Crippen molar-refractivity contribution in [3.63, 3.8) is 0 Å². The molecule has 1 unspecified atom stereocenters. The molecule has 0 aliphatic carbocycles. The van der Waals surface area contributed by atoms with Gasteiger partial charge in [-0.25, -0.2) is 9.67 Å². The zero-order valence-corrected chi connectivity index (χ0v) is 13.4. The second-order valence-corrected chi connectivity index (χ2v) is 5.75. The van der Waals surface area contributed by atoms with Gasteiger partial charge >= 0.3 is 0 Å². The molecule has 0 bridgehead atoms. The van der Waals surface area contributed by atoms with Crippen molar-refractivity contribution in [3.8, 4) is 5.69 Å². The van der Waals surface area contributed by atoms with E-state index in [1.807, 2.05) is 0 Å². The summed E-state index contributed by atoms with van der Waals surface area (Å²) < 4.78 is 3.21. The van der Waals surface area contributed by atoms with Crippen molar-refractivity contribution in [2.45, 2.75) is 12.5 Å². The van der Waals surface area contributed by atoms with Gasteiger partial charge in [0.05, 0.1) is 18.4 Å². The topological polar surface area (TPSA) is 97.9 Å². The molecule has 1 amide bonds. The number of nitrogens with one attached hydrogen (secondary N) is 1. The fourth-order valence-electron chi connectivity index (χ4n) is 2.26. The van der Waals surface area contributed by atoms with Crippen LogP contribution in [0.15, 0.2) is 49.3 Å². The molecule has 124 valence electrons. The van der Waals surface area contributed by atoms with Crippen LogP contribution in [0.25, 0.3) is 5.69 Å². The Morgan fingerprint density at radius 1 is 1.29 bits per heavy atom. The van der Waals surface area contributed by atoms with Gasteiger partial charge in [0.1, 0.15) is 18.3 Å². The molecular formula is C16H18N6O2. The first-order valence-corrected chi connectivity index (χ1v) is 7.40. The fraction of sp³-hybridized carbons (Fsp3) is 0.250. The summed E-state index contributed by atoms with van der Waals surface area (Å²) >= 11 is 0. The highest BCUT2D eigenvalue weighted by Gasteiger charge is 2.25. The van der Waals surface area contributed by atoms with E-state index in [9.17, 15) is 9.90 Å². The smallest absolute Gasteiger partial charge is 0.251 e. The maximum absolute atomic E-state index is 12.2. The third kappa shape index (κ3) is 3.33. The zero-order valence-electron chi connectivity index (χ0n) is 13.4. The molecule has 2 N–H and O–H groups in total. The van der Waals surface area contributed by atoms with E-state index in [4.69, 9.17) is 0 Å². The Morgan fingerprint density at radius 3 is 2.62 bits per heavy atom. The molecule has 0 aliphatic heterocycles. The fourth-order valence-corrected chi connectivity index (χ4v) is 2.26. The first kappa shape index (κ1) is 15.9. The monoisotopic (exact) mass is 326 g/mol.